The molecule has 3 aromatic rings. The van der Waals surface area contributed by atoms with Crippen LogP contribution in [-0.4, -0.2) is 24.5 Å². The summed E-state index contributed by atoms with van der Waals surface area (Å²) < 4.78 is 11.7. The number of hydrogen-bond donors (Lipinski definition) is 1. The fourth-order valence-electron chi connectivity index (χ4n) is 2.51. The molecule has 0 atom stereocenters. The normalized spacial score (nSPS) is 10.8. The lowest BCUT2D eigenvalue weighted by Gasteiger charge is -2.12. The van der Waals surface area contributed by atoms with Gasteiger partial charge in [-0.1, -0.05) is 42.5 Å². The third-order valence-corrected chi connectivity index (χ3v) is 4.86. The van der Waals surface area contributed by atoms with Crippen molar-refractivity contribution in [2.45, 2.75) is 13.5 Å². The standard InChI is InChI=1S/C22H22N2O3S/c1-3-26-19-13-16(10-12-21-24-14-20(28-21)22(25)23-2)9-11-18(19)27-15-17-7-5-4-6-8-17/h4-14H,3,15H2,1-2H3,(H,23,25)/b12-10+. The van der Waals surface area contributed by atoms with E-state index >= 15 is 0 Å². The smallest absolute Gasteiger partial charge is 0.262 e. The molecule has 0 unspecified atom stereocenters. The minimum atomic E-state index is -0.129. The lowest BCUT2D eigenvalue weighted by atomic mass is 10.2. The topological polar surface area (TPSA) is 60.5 Å². The molecule has 0 bridgehead atoms. The Kier molecular flexibility index (Phi) is 6.81. The largest absolute Gasteiger partial charge is 0.490 e. The lowest BCUT2D eigenvalue weighted by molar-refractivity contribution is 0.0967. The number of hydrogen-bond acceptors (Lipinski definition) is 5. The molecular formula is C22H22N2O3S. The van der Waals surface area contributed by atoms with Gasteiger partial charge >= 0.3 is 0 Å². The van der Waals surface area contributed by atoms with Gasteiger partial charge in [0.05, 0.1) is 12.8 Å². The maximum Gasteiger partial charge on any atom is 0.262 e. The molecule has 1 heterocycles. The zero-order valence-corrected chi connectivity index (χ0v) is 16.7. The van der Waals surface area contributed by atoms with Crippen molar-refractivity contribution in [1.29, 1.82) is 0 Å². The van der Waals surface area contributed by atoms with Gasteiger partial charge in [-0.2, -0.15) is 0 Å². The van der Waals surface area contributed by atoms with Crippen LogP contribution in [0.1, 0.15) is 32.7 Å². The second kappa shape index (κ2) is 9.71. The van der Waals surface area contributed by atoms with Crippen molar-refractivity contribution in [1.82, 2.24) is 10.3 Å². The van der Waals surface area contributed by atoms with E-state index in [0.717, 1.165) is 16.1 Å². The molecule has 1 amide bonds. The summed E-state index contributed by atoms with van der Waals surface area (Å²) in [5, 5.41) is 3.36. The minimum absolute atomic E-state index is 0.129. The highest BCUT2D eigenvalue weighted by Crippen LogP contribution is 2.30. The van der Waals surface area contributed by atoms with E-state index in [4.69, 9.17) is 9.47 Å². The third-order valence-electron chi connectivity index (χ3n) is 3.90. The summed E-state index contributed by atoms with van der Waals surface area (Å²) in [7, 11) is 1.61. The van der Waals surface area contributed by atoms with Gasteiger partial charge in [0.25, 0.3) is 5.91 Å². The van der Waals surface area contributed by atoms with Gasteiger partial charge in [0, 0.05) is 7.05 Å². The van der Waals surface area contributed by atoms with Crippen LogP contribution in [0, 0.1) is 0 Å². The van der Waals surface area contributed by atoms with Crippen LogP contribution >= 0.6 is 11.3 Å². The number of carbonyl (C=O) groups excluding carboxylic acids is 1. The van der Waals surface area contributed by atoms with Crippen LogP contribution in [-0.2, 0) is 6.61 Å². The lowest BCUT2D eigenvalue weighted by Crippen LogP contribution is -2.16. The van der Waals surface area contributed by atoms with Crippen molar-refractivity contribution >= 4 is 29.4 Å². The van der Waals surface area contributed by atoms with Crippen molar-refractivity contribution in [3.05, 3.63) is 75.7 Å². The van der Waals surface area contributed by atoms with Crippen LogP contribution in [0.5, 0.6) is 11.5 Å². The van der Waals surface area contributed by atoms with E-state index in [1.807, 2.05) is 67.6 Å². The zero-order chi connectivity index (χ0) is 19.8. The molecule has 3 rings (SSSR count). The quantitative estimate of drug-likeness (QED) is 0.604. The number of nitrogens with one attached hydrogen (secondary N) is 1. The molecule has 0 aliphatic rings. The number of amides is 1. The molecule has 0 radical (unpaired) electrons. The Morgan fingerprint density at radius 1 is 1.11 bits per heavy atom. The van der Waals surface area contributed by atoms with Crippen molar-refractivity contribution in [3.8, 4) is 11.5 Å². The van der Waals surface area contributed by atoms with Crippen LogP contribution in [0.15, 0.2) is 54.7 Å². The first-order chi connectivity index (χ1) is 13.7. The van der Waals surface area contributed by atoms with Crippen molar-refractivity contribution in [2.75, 3.05) is 13.7 Å². The summed E-state index contributed by atoms with van der Waals surface area (Å²) >= 11 is 1.34. The Morgan fingerprint density at radius 3 is 2.68 bits per heavy atom. The fourth-order valence-corrected chi connectivity index (χ4v) is 3.28. The monoisotopic (exact) mass is 394 g/mol. The third kappa shape index (κ3) is 5.20. The molecule has 2 aromatic carbocycles. The van der Waals surface area contributed by atoms with Gasteiger partial charge in [-0.05, 0) is 36.3 Å². The molecule has 144 valence electrons. The number of benzene rings is 2. The zero-order valence-electron chi connectivity index (χ0n) is 15.8. The predicted molar refractivity (Wildman–Crippen MR) is 113 cm³/mol. The Balaban J connectivity index is 1.72. The number of aromatic nitrogens is 1. The molecular weight excluding hydrogens is 372 g/mol. The first-order valence-electron chi connectivity index (χ1n) is 8.99. The summed E-state index contributed by atoms with van der Waals surface area (Å²) in [6.07, 6.45) is 5.40. The van der Waals surface area contributed by atoms with E-state index in [-0.39, 0.29) is 5.91 Å². The second-order valence-electron chi connectivity index (χ2n) is 5.89. The summed E-state index contributed by atoms with van der Waals surface area (Å²) in [5.41, 5.74) is 2.07. The SMILES string of the molecule is CCOc1cc(/C=C/c2ncc(C(=O)NC)s2)ccc1OCc1ccccc1. The molecule has 5 nitrogen and oxygen atoms in total. The van der Waals surface area contributed by atoms with Crippen molar-refractivity contribution < 1.29 is 14.3 Å². The van der Waals surface area contributed by atoms with Gasteiger partial charge in [0.15, 0.2) is 11.5 Å². The van der Waals surface area contributed by atoms with E-state index in [9.17, 15) is 4.79 Å². The van der Waals surface area contributed by atoms with Crippen LogP contribution in [0.25, 0.3) is 12.2 Å². The van der Waals surface area contributed by atoms with E-state index in [0.29, 0.717) is 29.6 Å². The molecule has 6 heteroatoms. The number of carbonyl (C=O) groups is 1. The second-order valence-corrected chi connectivity index (χ2v) is 6.95. The molecule has 1 aromatic heterocycles. The Hall–Kier alpha value is -3.12. The van der Waals surface area contributed by atoms with Gasteiger partial charge in [-0.25, -0.2) is 4.98 Å². The van der Waals surface area contributed by atoms with Crippen LogP contribution in [0.2, 0.25) is 0 Å². The first kappa shape index (κ1) is 19.6. The predicted octanol–water partition coefficient (Wildman–Crippen LogP) is 4.65. The summed E-state index contributed by atoms with van der Waals surface area (Å²) in [4.78, 5) is 16.5. The van der Waals surface area contributed by atoms with Crippen molar-refractivity contribution in [3.63, 3.8) is 0 Å². The molecule has 1 N–H and O–H groups in total. The molecule has 0 spiro atoms. The number of nitrogens with zero attached hydrogens (tertiary/aromatic N) is 1. The van der Waals surface area contributed by atoms with Crippen LogP contribution < -0.4 is 14.8 Å². The first-order valence-corrected chi connectivity index (χ1v) is 9.81. The maximum atomic E-state index is 11.6. The molecule has 0 saturated heterocycles. The average molecular weight is 394 g/mol. The molecule has 28 heavy (non-hydrogen) atoms. The molecule has 0 aliphatic heterocycles. The van der Waals surface area contributed by atoms with Gasteiger partial charge in [-0.15, -0.1) is 11.3 Å². The highest BCUT2D eigenvalue weighted by Gasteiger charge is 2.08. The number of rotatable bonds is 8. The van der Waals surface area contributed by atoms with E-state index in [2.05, 4.69) is 10.3 Å². The Morgan fingerprint density at radius 2 is 1.93 bits per heavy atom. The van der Waals surface area contributed by atoms with Crippen LogP contribution in [0.3, 0.4) is 0 Å². The fraction of sp³-hybridized carbons (Fsp3) is 0.182. The van der Waals surface area contributed by atoms with Gasteiger partial charge in [0.2, 0.25) is 0 Å². The minimum Gasteiger partial charge on any atom is -0.490 e. The Labute approximate surface area is 168 Å². The average Bonchev–Trinajstić information content (AvgIpc) is 3.21. The Bertz CT molecular complexity index is 951. The van der Waals surface area contributed by atoms with Gasteiger partial charge in [-0.3, -0.25) is 4.79 Å². The highest BCUT2D eigenvalue weighted by molar-refractivity contribution is 7.14. The molecule has 0 fully saturated rings. The highest BCUT2D eigenvalue weighted by atomic mass is 32.1. The van der Waals surface area contributed by atoms with Crippen molar-refractivity contribution in [2.24, 2.45) is 0 Å². The van der Waals surface area contributed by atoms with Crippen LogP contribution in [0.4, 0.5) is 0 Å². The van der Waals surface area contributed by atoms with E-state index < -0.39 is 0 Å². The maximum absolute atomic E-state index is 11.6. The van der Waals surface area contributed by atoms with E-state index in [1.165, 1.54) is 11.3 Å². The number of thiazole rings is 1. The van der Waals surface area contributed by atoms with Gasteiger partial charge < -0.3 is 14.8 Å². The summed E-state index contributed by atoms with van der Waals surface area (Å²) in [6.45, 7) is 2.98. The molecule has 0 saturated carbocycles. The molecule has 0 aliphatic carbocycles. The van der Waals surface area contributed by atoms with E-state index in [1.54, 1.807) is 13.2 Å². The summed E-state index contributed by atoms with van der Waals surface area (Å²) in [5.74, 6) is 1.28. The summed E-state index contributed by atoms with van der Waals surface area (Å²) in [6, 6.07) is 15.8. The number of ether oxygens (including phenoxy) is 2. The van der Waals surface area contributed by atoms with Gasteiger partial charge in [0.1, 0.15) is 16.5 Å².